The average molecular weight is 589 g/mol. The molecule has 35 heavy (non-hydrogen) atoms. The molecule has 4 fully saturated rings. The van der Waals surface area contributed by atoms with Gasteiger partial charge in [-0.05, 0) is 51.4 Å². The van der Waals surface area contributed by atoms with Crippen LogP contribution in [0.15, 0.2) is 0 Å². The van der Waals surface area contributed by atoms with Gasteiger partial charge in [0.15, 0.2) is 0 Å². The number of nitrogens with one attached hydrogen (secondary N) is 2. The van der Waals surface area contributed by atoms with Gasteiger partial charge in [-0.2, -0.15) is 0 Å². The summed E-state index contributed by atoms with van der Waals surface area (Å²) >= 11 is 0. The Morgan fingerprint density at radius 3 is 0.743 bits per heavy atom. The third-order valence-corrected chi connectivity index (χ3v) is 7.36. The summed E-state index contributed by atoms with van der Waals surface area (Å²) < 4.78 is 0. The number of rotatable bonds is 4. The van der Waals surface area contributed by atoms with Gasteiger partial charge >= 0.3 is 20.4 Å². The first-order valence-corrected chi connectivity index (χ1v) is 14.3. The fourth-order valence-corrected chi connectivity index (χ4v) is 5.74. The molecule has 0 amide bonds. The normalized spacial score (nSPS) is 22.0. The van der Waals surface area contributed by atoms with E-state index in [2.05, 4.69) is 10.6 Å². The summed E-state index contributed by atoms with van der Waals surface area (Å²) in [4.78, 5) is 18.0. The van der Waals surface area contributed by atoms with Crippen molar-refractivity contribution in [2.24, 2.45) is 0 Å². The van der Waals surface area contributed by atoms with Crippen molar-refractivity contribution in [1.82, 2.24) is 10.6 Å². The molecule has 4 aliphatic carbocycles. The van der Waals surface area contributed by atoms with Gasteiger partial charge in [0.25, 0.3) is 11.9 Å². The summed E-state index contributed by atoms with van der Waals surface area (Å²) in [6.45, 7) is 2.17. The number of carboxylic acids is 2. The Hall–Kier alpha value is -0.478. The SMILES string of the molecule is C1CCC(NC2CCCCC2)CC1.C1CCC(NC2CCCCC2)CC1.CC(=O)O.CC(=O)O.[Pd+2]. The van der Waals surface area contributed by atoms with E-state index in [4.69, 9.17) is 19.8 Å². The summed E-state index contributed by atoms with van der Waals surface area (Å²) in [6.07, 6.45) is 29.1. The Morgan fingerprint density at radius 2 is 0.600 bits per heavy atom. The van der Waals surface area contributed by atoms with Crippen molar-refractivity contribution >= 4 is 11.9 Å². The van der Waals surface area contributed by atoms with E-state index in [1.54, 1.807) is 0 Å². The van der Waals surface area contributed by atoms with Gasteiger partial charge < -0.3 is 20.8 Å². The van der Waals surface area contributed by atoms with Crippen molar-refractivity contribution in [2.75, 3.05) is 0 Å². The predicted molar refractivity (Wildman–Crippen MR) is 140 cm³/mol. The molecule has 208 valence electrons. The molecule has 4 rings (SSSR count). The first-order valence-electron chi connectivity index (χ1n) is 14.3. The molecule has 0 aromatic heterocycles. The van der Waals surface area contributed by atoms with Crippen LogP contribution in [0.3, 0.4) is 0 Å². The Bertz CT molecular complexity index is 425. The van der Waals surface area contributed by atoms with E-state index < -0.39 is 11.9 Å². The van der Waals surface area contributed by atoms with E-state index in [0.717, 1.165) is 38.0 Å². The van der Waals surface area contributed by atoms with Crippen molar-refractivity contribution in [3.8, 4) is 0 Å². The maximum atomic E-state index is 9.00. The molecule has 0 saturated heterocycles. The Morgan fingerprint density at radius 1 is 0.457 bits per heavy atom. The molecule has 0 heterocycles. The van der Waals surface area contributed by atoms with Crippen LogP contribution in [0.1, 0.15) is 142 Å². The number of carboxylic acid groups (broad SMARTS) is 2. The summed E-state index contributed by atoms with van der Waals surface area (Å²) in [5.74, 6) is -1.67. The molecule has 6 nitrogen and oxygen atoms in total. The first kappa shape index (κ1) is 34.5. The number of carbonyl (C=O) groups is 2. The summed E-state index contributed by atoms with van der Waals surface area (Å²) in [6, 6.07) is 3.49. The maximum Gasteiger partial charge on any atom is 2.00 e. The van der Waals surface area contributed by atoms with E-state index in [-0.39, 0.29) is 20.4 Å². The molecule has 4 N–H and O–H groups in total. The fraction of sp³-hybridized carbons (Fsp3) is 0.929. The van der Waals surface area contributed by atoms with E-state index in [1.165, 1.54) is 128 Å². The largest absolute Gasteiger partial charge is 2.00 e. The second kappa shape index (κ2) is 22.7. The Balaban J connectivity index is 0.000000499. The van der Waals surface area contributed by atoms with Crippen molar-refractivity contribution in [3.05, 3.63) is 0 Å². The van der Waals surface area contributed by atoms with Crippen molar-refractivity contribution in [2.45, 2.75) is 166 Å². The van der Waals surface area contributed by atoms with Gasteiger partial charge in [-0.3, -0.25) is 9.59 Å². The maximum absolute atomic E-state index is 9.00. The molecule has 7 heteroatoms. The van der Waals surface area contributed by atoms with Gasteiger partial charge in [0.2, 0.25) is 0 Å². The smallest absolute Gasteiger partial charge is 0.481 e. The molecule has 0 bridgehead atoms. The van der Waals surface area contributed by atoms with Crippen LogP contribution >= 0.6 is 0 Å². The predicted octanol–water partition coefficient (Wildman–Crippen LogP) is 6.66. The molecule has 0 unspecified atom stereocenters. The zero-order valence-corrected chi connectivity index (χ0v) is 24.0. The van der Waals surface area contributed by atoms with Crippen LogP contribution in [0, 0.1) is 0 Å². The monoisotopic (exact) mass is 588 g/mol. The number of aliphatic carboxylic acids is 2. The molecule has 0 aliphatic heterocycles. The zero-order chi connectivity index (χ0) is 25.0. The molecular weight excluding hydrogens is 535 g/mol. The first-order chi connectivity index (χ1) is 16.4. The fourth-order valence-electron chi connectivity index (χ4n) is 5.74. The summed E-state index contributed by atoms with van der Waals surface area (Å²) in [5.41, 5.74) is 0. The second-order valence-electron chi connectivity index (χ2n) is 10.7. The molecule has 0 atom stereocenters. The van der Waals surface area contributed by atoms with E-state index in [0.29, 0.717) is 0 Å². The van der Waals surface area contributed by atoms with E-state index in [1.807, 2.05) is 0 Å². The van der Waals surface area contributed by atoms with Gasteiger partial charge in [0, 0.05) is 38.0 Å². The molecule has 4 aliphatic rings. The molecule has 0 spiro atoms. The van der Waals surface area contributed by atoms with E-state index in [9.17, 15) is 0 Å². The standard InChI is InChI=1S/2C12H23N.2C2H4O2.Pd/c2*1-3-7-11(8-4-1)13-12-9-5-2-6-10-12;2*1-2(3)4;/h2*11-13H,1-10H2;2*1H3,(H,3,4);/q;;;;+2. The quantitative estimate of drug-likeness (QED) is 0.274. The topological polar surface area (TPSA) is 98.7 Å². The molecule has 4 saturated carbocycles. The average Bonchev–Trinajstić information content (AvgIpc) is 2.82. The number of hydrogen-bond donors (Lipinski definition) is 4. The van der Waals surface area contributed by atoms with Crippen LogP contribution in [-0.4, -0.2) is 46.3 Å². The van der Waals surface area contributed by atoms with Gasteiger partial charge in [0.1, 0.15) is 0 Å². The van der Waals surface area contributed by atoms with Gasteiger partial charge in [0.05, 0.1) is 0 Å². The minimum Gasteiger partial charge on any atom is -0.481 e. The van der Waals surface area contributed by atoms with Gasteiger partial charge in [-0.15, -0.1) is 0 Å². The van der Waals surface area contributed by atoms with Crippen LogP contribution < -0.4 is 10.6 Å². The zero-order valence-electron chi connectivity index (χ0n) is 22.5. The number of hydrogen-bond acceptors (Lipinski definition) is 4. The second-order valence-corrected chi connectivity index (χ2v) is 10.7. The molecule has 0 radical (unpaired) electrons. The third kappa shape index (κ3) is 21.3. The summed E-state index contributed by atoms with van der Waals surface area (Å²) in [7, 11) is 0. The van der Waals surface area contributed by atoms with Gasteiger partial charge in [-0.1, -0.05) is 77.0 Å². The minimum atomic E-state index is -0.833. The van der Waals surface area contributed by atoms with Gasteiger partial charge in [-0.25, -0.2) is 0 Å². The molecule has 0 aromatic rings. The van der Waals surface area contributed by atoms with Crippen LogP contribution in [0.4, 0.5) is 0 Å². The van der Waals surface area contributed by atoms with Crippen molar-refractivity contribution < 1.29 is 40.2 Å². The Kier molecular flexibility index (Phi) is 22.4. The minimum absolute atomic E-state index is 0. The van der Waals surface area contributed by atoms with Crippen LogP contribution in [0.2, 0.25) is 0 Å². The Labute approximate surface area is 228 Å². The van der Waals surface area contributed by atoms with Crippen LogP contribution in [-0.2, 0) is 30.0 Å². The van der Waals surface area contributed by atoms with Crippen LogP contribution in [0.5, 0.6) is 0 Å². The third-order valence-electron chi connectivity index (χ3n) is 7.36. The van der Waals surface area contributed by atoms with Crippen molar-refractivity contribution in [3.63, 3.8) is 0 Å². The molecule has 0 aromatic carbocycles. The summed E-state index contributed by atoms with van der Waals surface area (Å²) in [5, 5.41) is 22.5. The van der Waals surface area contributed by atoms with Crippen molar-refractivity contribution in [1.29, 1.82) is 0 Å². The van der Waals surface area contributed by atoms with E-state index >= 15 is 0 Å². The molecular formula is C28H54N2O4Pd+2. The van der Waals surface area contributed by atoms with Crippen LogP contribution in [0.25, 0.3) is 0 Å².